The zero-order valence-corrected chi connectivity index (χ0v) is 77.3. The van der Waals surface area contributed by atoms with Gasteiger partial charge in [-0.2, -0.15) is 0 Å². The van der Waals surface area contributed by atoms with E-state index in [4.69, 9.17) is 32.9 Å². The van der Waals surface area contributed by atoms with Crippen LogP contribution in [0.2, 0.25) is 0 Å². The average Bonchev–Trinajstić information content (AvgIpc) is 0.783. The van der Waals surface area contributed by atoms with E-state index in [1.54, 1.807) is 12.1 Å². The molecule has 0 bridgehead atoms. The molecule has 0 radical (unpaired) electrons. The molecule has 0 saturated carbocycles. The minimum absolute atomic E-state index is 0.103. The van der Waals surface area contributed by atoms with E-state index in [9.17, 15) is 38.8 Å². The van der Waals surface area contributed by atoms with Gasteiger partial charge < -0.3 is 58.3 Å². The zero-order chi connectivity index (χ0) is 85.8. The van der Waals surface area contributed by atoms with Crippen LogP contribution in [-0.2, 0) is 66.3 Å². The van der Waals surface area contributed by atoms with Gasteiger partial charge >= 0.3 is 32.1 Å². The molecule has 2 amide bonds. The predicted molar refractivity (Wildman–Crippen MR) is 482 cm³/mol. The Morgan fingerprint density at radius 2 is 0.729 bits per heavy atom. The first kappa shape index (κ1) is 110. The Morgan fingerprint density at radius 1 is 0.415 bits per heavy atom. The van der Waals surface area contributed by atoms with Gasteiger partial charge in [0.1, 0.15) is 42.3 Å². The standard InChI is InChI=1S/C98H179N2O17P/c1-7-13-19-25-31-37-40-46-52-58-64-73-91(105)112-85(70-61-55-49-43-34-28-22-16-10-4)79-89(103)99-95-97(116-94(108)81-87(72-63-57-51-45-36-30-24-18-12-6)114-93(107)75-66-60-54-48-42-39-33-27-21-15-9-3)96(117-118(109)110)88(82-101)115-98(95)111-77-76-100(83-68-67-69-84(102)78-83)90(104)80-86(71-62-56-50-44-35-29-23-17-11-5)113-92(106)74-65-59-53-47-41-38-32-26-20-14-8-2/h67-69,78,85-88,95-98,101-102,118H,7-66,70-77,79-82H2,1-6H3,(H,99,103)(H,109,110)/t85-,86-,87-,88?,95?,96?,97?,98?/m1/s1. The molecule has 4 N–H and O–H groups in total. The number of carbonyl (C=O) groups excluding carboxylic acids is 6. The fraction of sp³-hybridized carbons (Fsp3) is 0.878. The van der Waals surface area contributed by atoms with Crippen LogP contribution >= 0.6 is 8.25 Å². The number of ether oxygens (including phenoxy) is 6. The maximum absolute atomic E-state index is 15.1. The lowest BCUT2D eigenvalue weighted by Gasteiger charge is -2.45. The van der Waals surface area contributed by atoms with Crippen LogP contribution < -0.4 is 10.2 Å². The van der Waals surface area contributed by atoms with Crippen LogP contribution in [0, 0.1) is 0 Å². The van der Waals surface area contributed by atoms with E-state index in [0.717, 1.165) is 141 Å². The van der Waals surface area contributed by atoms with Crippen molar-refractivity contribution in [2.24, 2.45) is 0 Å². The molecular weight excluding hydrogens is 1510 g/mol. The van der Waals surface area contributed by atoms with Gasteiger partial charge in [0.25, 0.3) is 0 Å². The molecular formula is C98H179N2O17P. The molecule has 1 fully saturated rings. The molecule has 1 aromatic rings. The van der Waals surface area contributed by atoms with Crippen molar-refractivity contribution >= 4 is 49.6 Å². The zero-order valence-electron chi connectivity index (χ0n) is 76.3. The SMILES string of the molecule is CCCCCCCCCCCCCC(=O)O[C@H](CCCCCCCCCCC)CC(=O)NC1C(OCCN(C(=O)C[C@@H](CCCCCCCCCCC)OC(=O)CCCCCCCCCCCCC)c2cccc(O)c2)OC(CO)C(O[PH](=O)O)C1OC(=O)C[C@@H](CCCCCCCCCCC)OC(=O)CCCCCCCCCCCCC. The fourth-order valence-corrected chi connectivity index (χ4v) is 16.9. The van der Waals surface area contributed by atoms with E-state index in [2.05, 4.69) is 46.9 Å². The Labute approximate surface area is 720 Å². The number of aliphatic hydroxyl groups excluding tert-OH is 1. The third-order valence-corrected chi connectivity index (χ3v) is 24.1. The third kappa shape index (κ3) is 61.2. The Kier molecular flexibility index (Phi) is 73.4. The molecule has 1 heterocycles. The number of unbranched alkanes of at least 4 members (excludes halogenated alkanes) is 54. The molecule has 9 atom stereocenters. The molecule has 2 rings (SSSR count). The van der Waals surface area contributed by atoms with Crippen molar-refractivity contribution in [1.29, 1.82) is 0 Å². The van der Waals surface area contributed by atoms with Crippen molar-refractivity contribution in [2.75, 3.05) is 24.7 Å². The summed E-state index contributed by atoms with van der Waals surface area (Å²) in [7, 11) is -3.90. The normalized spacial score (nSPS) is 16.5. The summed E-state index contributed by atoms with van der Waals surface area (Å²) >= 11 is 0. The number of hydrogen-bond donors (Lipinski definition) is 4. The van der Waals surface area contributed by atoms with Crippen molar-refractivity contribution < 1.29 is 81.4 Å². The summed E-state index contributed by atoms with van der Waals surface area (Å²) in [5, 5.41) is 25.1. The number of anilines is 1. The van der Waals surface area contributed by atoms with Crippen LogP contribution in [0.4, 0.5) is 5.69 Å². The predicted octanol–water partition coefficient (Wildman–Crippen LogP) is 26.4. The van der Waals surface area contributed by atoms with E-state index < -0.39 is 100.0 Å². The molecule has 0 spiro atoms. The molecule has 1 aromatic carbocycles. The highest BCUT2D eigenvalue weighted by molar-refractivity contribution is 7.32. The number of carbonyl (C=O) groups is 6. The monoisotopic (exact) mass is 1690 g/mol. The smallest absolute Gasteiger partial charge is 0.317 e. The minimum atomic E-state index is -3.90. The van der Waals surface area contributed by atoms with E-state index >= 15 is 9.59 Å². The van der Waals surface area contributed by atoms with E-state index in [-0.39, 0.29) is 57.0 Å². The van der Waals surface area contributed by atoms with Crippen LogP contribution in [0.5, 0.6) is 5.75 Å². The molecule has 688 valence electrons. The highest BCUT2D eigenvalue weighted by Gasteiger charge is 2.51. The van der Waals surface area contributed by atoms with Gasteiger partial charge in [0.2, 0.25) is 11.8 Å². The summed E-state index contributed by atoms with van der Waals surface area (Å²) in [6.07, 6.45) is 58.1. The highest BCUT2D eigenvalue weighted by atomic mass is 31.1. The molecule has 1 aliphatic heterocycles. The average molecular weight is 1690 g/mol. The molecule has 1 saturated heterocycles. The molecule has 118 heavy (non-hydrogen) atoms. The van der Waals surface area contributed by atoms with Gasteiger partial charge in [-0.3, -0.25) is 33.3 Å². The van der Waals surface area contributed by atoms with Gasteiger partial charge in [-0.25, -0.2) is 0 Å². The largest absolute Gasteiger partial charge is 0.508 e. The van der Waals surface area contributed by atoms with Crippen LogP contribution in [0.1, 0.15) is 485 Å². The van der Waals surface area contributed by atoms with Crippen molar-refractivity contribution in [2.45, 2.75) is 534 Å². The van der Waals surface area contributed by atoms with Crippen molar-refractivity contribution in [3.8, 4) is 5.75 Å². The maximum atomic E-state index is 15.1. The number of rotatable bonds is 85. The number of benzene rings is 1. The number of amides is 2. The number of nitrogens with zero attached hydrogens (tertiary/aromatic N) is 1. The maximum Gasteiger partial charge on any atom is 0.317 e. The Balaban J connectivity index is 2.68. The van der Waals surface area contributed by atoms with Crippen LogP contribution in [-0.4, -0.2) is 120 Å². The number of nitrogens with one attached hydrogen (secondary N) is 1. The second-order valence-corrected chi connectivity index (χ2v) is 35.5. The van der Waals surface area contributed by atoms with Gasteiger partial charge in [-0.15, -0.1) is 0 Å². The number of hydrogen-bond acceptors (Lipinski definition) is 16. The number of phenolic OH excluding ortho intramolecular Hbond substituents is 1. The Morgan fingerprint density at radius 3 is 1.05 bits per heavy atom. The third-order valence-electron chi connectivity index (χ3n) is 23.6. The minimum Gasteiger partial charge on any atom is -0.508 e. The van der Waals surface area contributed by atoms with Crippen molar-refractivity contribution in [3.63, 3.8) is 0 Å². The lowest BCUT2D eigenvalue weighted by Crippen LogP contribution is -2.66. The lowest BCUT2D eigenvalue weighted by atomic mass is 9.96. The molecule has 20 heteroatoms. The van der Waals surface area contributed by atoms with Crippen LogP contribution in [0.15, 0.2) is 24.3 Å². The summed E-state index contributed by atoms with van der Waals surface area (Å²) in [5.74, 6) is -3.20. The molecule has 1 aliphatic rings. The van der Waals surface area contributed by atoms with E-state index in [0.29, 0.717) is 57.1 Å². The summed E-state index contributed by atoms with van der Waals surface area (Å²) < 4.78 is 57.0. The van der Waals surface area contributed by atoms with Crippen molar-refractivity contribution in [1.82, 2.24) is 5.32 Å². The second kappa shape index (κ2) is 78.8. The lowest BCUT2D eigenvalue weighted by molar-refractivity contribution is -0.269. The molecule has 6 unspecified atom stereocenters. The quantitative estimate of drug-likeness (QED) is 0.0204. The van der Waals surface area contributed by atoms with Gasteiger partial charge in [0.05, 0.1) is 32.5 Å². The van der Waals surface area contributed by atoms with Gasteiger partial charge in [-0.1, -0.05) is 394 Å². The summed E-state index contributed by atoms with van der Waals surface area (Å²) in [6.45, 7) is 12.0. The number of aromatic hydroxyl groups is 1. The van der Waals surface area contributed by atoms with E-state index in [1.165, 1.54) is 229 Å². The fourth-order valence-electron chi connectivity index (χ4n) is 16.4. The highest BCUT2D eigenvalue weighted by Crippen LogP contribution is 2.35. The number of phenols is 1. The van der Waals surface area contributed by atoms with Crippen molar-refractivity contribution in [3.05, 3.63) is 24.3 Å². The first-order valence-corrected chi connectivity index (χ1v) is 50.8. The van der Waals surface area contributed by atoms with Gasteiger partial charge in [-0.05, 0) is 69.9 Å². The molecule has 0 aromatic heterocycles. The van der Waals surface area contributed by atoms with Crippen LogP contribution in [0.25, 0.3) is 0 Å². The second-order valence-electron chi connectivity index (χ2n) is 34.7. The summed E-state index contributed by atoms with van der Waals surface area (Å²) in [5.41, 5.74) is 0.325. The van der Waals surface area contributed by atoms with Gasteiger partial charge in [0, 0.05) is 37.6 Å². The Bertz CT molecular complexity index is 2580. The molecule has 19 nitrogen and oxygen atoms in total. The Hall–Kier alpha value is -4.13. The van der Waals surface area contributed by atoms with Crippen LogP contribution in [0.3, 0.4) is 0 Å². The van der Waals surface area contributed by atoms with E-state index in [1.807, 2.05) is 0 Å². The molecule has 0 aliphatic carbocycles. The topological polar surface area (TPSA) is 260 Å². The first-order chi connectivity index (χ1) is 57.6. The number of aliphatic hydroxyl groups is 1. The first-order valence-electron chi connectivity index (χ1n) is 49.6. The summed E-state index contributed by atoms with van der Waals surface area (Å²) in [6, 6.07) is 4.71. The van der Waals surface area contributed by atoms with Gasteiger partial charge in [0.15, 0.2) is 12.4 Å². The number of esters is 4. The summed E-state index contributed by atoms with van der Waals surface area (Å²) in [4.78, 5) is 98.8.